The van der Waals surface area contributed by atoms with Crippen LogP contribution in [0.4, 0.5) is 5.69 Å². The number of rotatable bonds is 7. The van der Waals surface area contributed by atoms with Crippen molar-refractivity contribution in [2.75, 3.05) is 11.9 Å². The summed E-state index contributed by atoms with van der Waals surface area (Å²) >= 11 is 0. The van der Waals surface area contributed by atoms with Crippen molar-refractivity contribution in [3.05, 3.63) is 126 Å². The van der Waals surface area contributed by atoms with Gasteiger partial charge in [-0.15, -0.1) is 0 Å². The molecule has 0 bridgehead atoms. The van der Waals surface area contributed by atoms with E-state index in [1.54, 1.807) is 60.9 Å². The predicted molar refractivity (Wildman–Crippen MR) is 149 cm³/mol. The first-order chi connectivity index (χ1) is 18.9. The van der Waals surface area contributed by atoms with E-state index in [9.17, 15) is 19.8 Å². The number of amides is 2. The first-order valence-electron chi connectivity index (χ1n) is 12.3. The molecule has 0 saturated heterocycles. The van der Waals surface area contributed by atoms with Crippen LogP contribution < -0.4 is 4.90 Å². The molecule has 2 amide bonds. The number of carbonyl (C=O) groups excluding carboxylic acids is 2. The Kier molecular flexibility index (Phi) is 7.18. The second-order valence-electron chi connectivity index (χ2n) is 9.19. The lowest BCUT2D eigenvalue weighted by molar-refractivity contribution is 0.0785. The van der Waals surface area contributed by atoms with Crippen molar-refractivity contribution in [3.8, 4) is 11.5 Å². The smallest absolute Gasteiger partial charge is 0.262 e. The SMILES string of the molecule is CN(Cc1ccc2ncccc2c1)C(=O)c1ccc(N(Cc2cccnc2)C(=O)c2ccc(O)cc2O)cc1. The number of hydrogen-bond donors (Lipinski definition) is 2. The van der Waals surface area contributed by atoms with Crippen molar-refractivity contribution in [1.82, 2.24) is 14.9 Å². The molecular weight excluding hydrogens is 492 g/mol. The second kappa shape index (κ2) is 11.0. The van der Waals surface area contributed by atoms with Gasteiger partial charge in [-0.1, -0.05) is 18.2 Å². The Bertz CT molecular complexity index is 1640. The summed E-state index contributed by atoms with van der Waals surface area (Å²) < 4.78 is 0. The second-order valence-corrected chi connectivity index (χ2v) is 9.19. The number of aromatic nitrogens is 2. The van der Waals surface area contributed by atoms with Gasteiger partial charge in [0.1, 0.15) is 11.5 Å². The normalized spacial score (nSPS) is 10.8. The van der Waals surface area contributed by atoms with Gasteiger partial charge >= 0.3 is 0 Å². The summed E-state index contributed by atoms with van der Waals surface area (Å²) in [6.45, 7) is 0.619. The highest BCUT2D eigenvalue weighted by Crippen LogP contribution is 2.28. The van der Waals surface area contributed by atoms with Crippen molar-refractivity contribution < 1.29 is 19.8 Å². The van der Waals surface area contributed by atoms with E-state index in [2.05, 4.69) is 9.97 Å². The van der Waals surface area contributed by atoms with Crippen LogP contribution in [-0.4, -0.2) is 43.9 Å². The zero-order valence-corrected chi connectivity index (χ0v) is 21.2. The van der Waals surface area contributed by atoms with Gasteiger partial charge in [0.05, 0.1) is 17.6 Å². The fraction of sp³-hybridized carbons (Fsp3) is 0.0968. The van der Waals surface area contributed by atoms with Gasteiger partial charge < -0.3 is 20.0 Å². The Morgan fingerprint density at radius 2 is 1.59 bits per heavy atom. The van der Waals surface area contributed by atoms with Gasteiger partial charge in [0, 0.05) is 54.9 Å². The van der Waals surface area contributed by atoms with Gasteiger partial charge in [-0.3, -0.25) is 19.6 Å². The molecule has 8 heteroatoms. The Labute approximate surface area is 225 Å². The average Bonchev–Trinajstić information content (AvgIpc) is 2.96. The molecule has 3 aromatic carbocycles. The van der Waals surface area contributed by atoms with Crippen LogP contribution in [-0.2, 0) is 13.1 Å². The van der Waals surface area contributed by atoms with E-state index in [4.69, 9.17) is 0 Å². The maximum atomic E-state index is 13.5. The van der Waals surface area contributed by atoms with Gasteiger partial charge in [-0.25, -0.2) is 0 Å². The maximum absolute atomic E-state index is 13.5. The van der Waals surface area contributed by atoms with Crippen molar-refractivity contribution in [2.24, 2.45) is 0 Å². The standard InChI is InChI=1S/C31H26N4O4/c1-34(19-21-6-13-28-24(16-21)5-3-15-33-28)30(38)23-7-9-25(10-8-23)35(20-22-4-2-14-32-18-22)31(39)27-12-11-26(36)17-29(27)37/h2-18,36-37H,19-20H2,1H3. The third-order valence-corrected chi connectivity index (χ3v) is 6.38. The van der Waals surface area contributed by atoms with Crippen molar-refractivity contribution in [2.45, 2.75) is 13.1 Å². The first-order valence-corrected chi connectivity index (χ1v) is 12.3. The van der Waals surface area contributed by atoms with E-state index >= 15 is 0 Å². The topological polar surface area (TPSA) is 107 Å². The molecule has 194 valence electrons. The molecule has 5 rings (SSSR count). The average molecular weight is 519 g/mol. The summed E-state index contributed by atoms with van der Waals surface area (Å²) in [6.07, 6.45) is 5.06. The molecule has 5 aromatic rings. The number of fused-ring (bicyclic) bond motifs is 1. The monoisotopic (exact) mass is 518 g/mol. The molecule has 8 nitrogen and oxygen atoms in total. The molecule has 0 atom stereocenters. The lowest BCUT2D eigenvalue weighted by atomic mass is 10.1. The highest BCUT2D eigenvalue weighted by atomic mass is 16.3. The number of carbonyl (C=O) groups is 2. The summed E-state index contributed by atoms with van der Waals surface area (Å²) in [5, 5.41) is 21.0. The van der Waals surface area contributed by atoms with Crippen LogP contribution in [0, 0.1) is 0 Å². The quantitative estimate of drug-likeness (QED) is 0.308. The Morgan fingerprint density at radius 3 is 2.33 bits per heavy atom. The van der Waals surface area contributed by atoms with Crippen LogP contribution in [0.3, 0.4) is 0 Å². The molecule has 2 heterocycles. The van der Waals surface area contributed by atoms with E-state index in [1.165, 1.54) is 17.0 Å². The number of benzene rings is 3. The van der Waals surface area contributed by atoms with Gasteiger partial charge in [0.2, 0.25) is 0 Å². The van der Waals surface area contributed by atoms with Crippen LogP contribution in [0.2, 0.25) is 0 Å². The summed E-state index contributed by atoms with van der Waals surface area (Å²) in [7, 11) is 1.75. The van der Waals surface area contributed by atoms with E-state index < -0.39 is 5.91 Å². The number of anilines is 1. The predicted octanol–water partition coefficient (Wildman–Crippen LogP) is 5.16. The molecule has 0 fully saturated rings. The maximum Gasteiger partial charge on any atom is 0.262 e. The molecule has 0 aliphatic carbocycles. The Balaban J connectivity index is 1.37. The van der Waals surface area contributed by atoms with Gasteiger partial charge in [0.25, 0.3) is 11.8 Å². The molecule has 2 N–H and O–H groups in total. The van der Waals surface area contributed by atoms with E-state index in [0.717, 1.165) is 28.1 Å². The highest BCUT2D eigenvalue weighted by molar-refractivity contribution is 6.08. The lowest BCUT2D eigenvalue weighted by Gasteiger charge is -2.24. The minimum absolute atomic E-state index is 0.0437. The largest absolute Gasteiger partial charge is 0.508 e. The Morgan fingerprint density at radius 1 is 0.795 bits per heavy atom. The van der Waals surface area contributed by atoms with Crippen molar-refractivity contribution in [1.29, 1.82) is 0 Å². The molecule has 0 saturated carbocycles. The van der Waals surface area contributed by atoms with Crippen LogP contribution in [0.15, 0.2) is 104 Å². The van der Waals surface area contributed by atoms with Gasteiger partial charge in [-0.05, 0) is 71.8 Å². The summed E-state index contributed by atoms with van der Waals surface area (Å²) in [5.74, 6) is -1.09. The number of phenols is 2. The summed E-state index contributed by atoms with van der Waals surface area (Å²) in [5.41, 5.74) is 3.74. The van der Waals surface area contributed by atoms with Gasteiger partial charge in [-0.2, -0.15) is 0 Å². The summed E-state index contributed by atoms with van der Waals surface area (Å²) in [6, 6.07) is 24.0. The number of hydrogen-bond acceptors (Lipinski definition) is 6. The molecule has 0 unspecified atom stereocenters. The molecule has 0 spiro atoms. The molecule has 0 aliphatic rings. The van der Waals surface area contributed by atoms with Crippen LogP contribution in [0.1, 0.15) is 31.8 Å². The molecule has 39 heavy (non-hydrogen) atoms. The minimum atomic E-state index is -0.460. The third-order valence-electron chi connectivity index (χ3n) is 6.38. The number of phenolic OH excluding ortho intramolecular Hbond substituents is 2. The minimum Gasteiger partial charge on any atom is -0.508 e. The van der Waals surface area contributed by atoms with Crippen LogP contribution in [0.5, 0.6) is 11.5 Å². The third kappa shape index (κ3) is 5.70. The zero-order valence-electron chi connectivity index (χ0n) is 21.2. The number of pyridine rings is 2. The van der Waals surface area contributed by atoms with Crippen molar-refractivity contribution in [3.63, 3.8) is 0 Å². The number of nitrogens with zero attached hydrogens (tertiary/aromatic N) is 4. The molecule has 0 aliphatic heterocycles. The van der Waals surface area contributed by atoms with Crippen molar-refractivity contribution >= 4 is 28.4 Å². The first kappa shape index (κ1) is 25.4. The van der Waals surface area contributed by atoms with E-state index in [0.29, 0.717) is 17.8 Å². The number of aromatic hydroxyl groups is 2. The zero-order chi connectivity index (χ0) is 27.4. The van der Waals surface area contributed by atoms with E-state index in [-0.39, 0.29) is 29.5 Å². The highest BCUT2D eigenvalue weighted by Gasteiger charge is 2.22. The summed E-state index contributed by atoms with van der Waals surface area (Å²) in [4.78, 5) is 38.3. The van der Waals surface area contributed by atoms with E-state index in [1.807, 2.05) is 36.4 Å². The van der Waals surface area contributed by atoms with Crippen LogP contribution >= 0.6 is 0 Å². The molecular formula is C31H26N4O4. The molecule has 2 aromatic heterocycles. The van der Waals surface area contributed by atoms with Gasteiger partial charge in [0.15, 0.2) is 0 Å². The fourth-order valence-electron chi connectivity index (χ4n) is 4.37. The van der Waals surface area contributed by atoms with Crippen LogP contribution in [0.25, 0.3) is 10.9 Å². The lowest BCUT2D eigenvalue weighted by Crippen LogP contribution is -2.31. The fourth-order valence-corrected chi connectivity index (χ4v) is 4.37. The molecule has 0 radical (unpaired) electrons. The Hall–Kier alpha value is -5.24.